The molecule has 0 unspecified atom stereocenters. The first-order chi connectivity index (χ1) is 8.66. The average Bonchev–Trinajstić information content (AvgIpc) is 2.76. The lowest BCUT2D eigenvalue weighted by atomic mass is 10.2. The van der Waals surface area contributed by atoms with Gasteiger partial charge in [-0.05, 0) is 12.5 Å². The van der Waals surface area contributed by atoms with Crippen LogP contribution in [0.3, 0.4) is 0 Å². The molecule has 96 valence electrons. The fourth-order valence-electron chi connectivity index (χ4n) is 2.02. The van der Waals surface area contributed by atoms with Crippen molar-refractivity contribution in [2.45, 2.75) is 13.5 Å². The summed E-state index contributed by atoms with van der Waals surface area (Å²) in [5.41, 5.74) is 1.15. The van der Waals surface area contributed by atoms with Gasteiger partial charge in [0.1, 0.15) is 0 Å². The third-order valence-electron chi connectivity index (χ3n) is 3.18. The lowest BCUT2D eigenvalue weighted by molar-refractivity contribution is -0.130. The summed E-state index contributed by atoms with van der Waals surface area (Å²) in [5.74, 6) is 1.10. The van der Waals surface area contributed by atoms with Gasteiger partial charge in [-0.3, -0.25) is 9.79 Å². The highest BCUT2D eigenvalue weighted by Gasteiger charge is 2.18. The van der Waals surface area contributed by atoms with Crippen LogP contribution in [0, 0.1) is 0 Å². The van der Waals surface area contributed by atoms with Crippen LogP contribution in [0.2, 0.25) is 0 Å². The van der Waals surface area contributed by atoms with Crippen molar-refractivity contribution < 1.29 is 4.79 Å². The summed E-state index contributed by atoms with van der Waals surface area (Å²) in [5, 5.41) is 0. The zero-order valence-electron chi connectivity index (χ0n) is 11.0. The highest BCUT2D eigenvalue weighted by atomic mass is 16.2. The first kappa shape index (κ1) is 12.6. The Balaban J connectivity index is 1.87. The third-order valence-corrected chi connectivity index (χ3v) is 3.18. The highest BCUT2D eigenvalue weighted by Crippen LogP contribution is 2.05. The summed E-state index contributed by atoms with van der Waals surface area (Å²) >= 11 is 0. The Bertz CT molecular complexity index is 442. The van der Waals surface area contributed by atoms with Crippen molar-refractivity contribution in [1.82, 2.24) is 9.80 Å². The minimum absolute atomic E-state index is 0.135. The second-order valence-corrected chi connectivity index (χ2v) is 4.59. The number of carbonyl (C=O) groups is 1. The Hall–Kier alpha value is -1.84. The smallest absolute Gasteiger partial charge is 0.242 e. The molecule has 1 aromatic rings. The summed E-state index contributed by atoms with van der Waals surface area (Å²) < 4.78 is 0. The SMILES string of the molecule is CC1=NCCN1CC(=O)N(C)Cc1ccccc1. The molecule has 4 heteroatoms. The number of hydrogen-bond acceptors (Lipinski definition) is 3. The van der Waals surface area contributed by atoms with Crippen LogP contribution in [0.4, 0.5) is 0 Å². The average molecular weight is 245 g/mol. The maximum atomic E-state index is 12.1. The molecule has 1 aliphatic rings. The van der Waals surface area contributed by atoms with Gasteiger partial charge in [0.15, 0.2) is 0 Å². The van der Waals surface area contributed by atoms with E-state index in [0.29, 0.717) is 13.1 Å². The van der Waals surface area contributed by atoms with Gasteiger partial charge in [0.05, 0.1) is 18.9 Å². The lowest BCUT2D eigenvalue weighted by Gasteiger charge is -2.22. The molecule has 0 aromatic heterocycles. The number of benzene rings is 1. The van der Waals surface area contributed by atoms with E-state index in [-0.39, 0.29) is 5.91 Å². The van der Waals surface area contributed by atoms with Crippen LogP contribution >= 0.6 is 0 Å². The van der Waals surface area contributed by atoms with Crippen LogP contribution in [0.5, 0.6) is 0 Å². The van der Waals surface area contributed by atoms with Gasteiger partial charge in [-0.15, -0.1) is 0 Å². The summed E-state index contributed by atoms with van der Waals surface area (Å²) in [6.07, 6.45) is 0. The predicted molar refractivity (Wildman–Crippen MR) is 72.5 cm³/mol. The van der Waals surface area contributed by atoms with E-state index in [1.54, 1.807) is 4.90 Å². The number of carbonyl (C=O) groups excluding carboxylic acids is 1. The van der Waals surface area contributed by atoms with Crippen molar-refractivity contribution in [3.8, 4) is 0 Å². The number of nitrogens with zero attached hydrogens (tertiary/aromatic N) is 3. The molecule has 1 aromatic carbocycles. The maximum absolute atomic E-state index is 12.1. The Kier molecular flexibility index (Phi) is 3.97. The van der Waals surface area contributed by atoms with Crippen LogP contribution in [0.25, 0.3) is 0 Å². The maximum Gasteiger partial charge on any atom is 0.242 e. The molecule has 0 fully saturated rings. The lowest BCUT2D eigenvalue weighted by Crippen LogP contribution is -2.39. The van der Waals surface area contributed by atoms with E-state index in [9.17, 15) is 4.79 Å². The molecule has 4 nitrogen and oxygen atoms in total. The number of likely N-dealkylation sites (N-methyl/N-ethyl adjacent to an activating group) is 1. The first-order valence-corrected chi connectivity index (χ1v) is 6.20. The van der Waals surface area contributed by atoms with Gasteiger partial charge < -0.3 is 9.80 Å². The van der Waals surface area contributed by atoms with Gasteiger partial charge in [0.2, 0.25) is 5.91 Å². The Morgan fingerprint density at radius 1 is 1.39 bits per heavy atom. The molecule has 1 amide bonds. The molecule has 0 atom stereocenters. The second kappa shape index (κ2) is 5.67. The largest absolute Gasteiger partial charge is 0.349 e. The second-order valence-electron chi connectivity index (χ2n) is 4.59. The van der Waals surface area contributed by atoms with E-state index in [0.717, 1.165) is 24.5 Å². The number of hydrogen-bond donors (Lipinski definition) is 0. The van der Waals surface area contributed by atoms with E-state index in [1.807, 2.05) is 49.2 Å². The number of aliphatic imine (C=N–C) groups is 1. The summed E-state index contributed by atoms with van der Waals surface area (Å²) in [4.78, 5) is 20.2. The van der Waals surface area contributed by atoms with Crippen molar-refractivity contribution >= 4 is 11.7 Å². The molecule has 2 rings (SSSR count). The van der Waals surface area contributed by atoms with Crippen LogP contribution in [0.1, 0.15) is 12.5 Å². The molecule has 0 aliphatic carbocycles. The standard InChI is InChI=1S/C14H19N3O/c1-12-15-8-9-17(12)11-14(18)16(2)10-13-6-4-3-5-7-13/h3-7H,8-11H2,1-2H3. The van der Waals surface area contributed by atoms with Crippen LogP contribution in [0.15, 0.2) is 35.3 Å². The number of amidine groups is 1. The Labute approximate surface area is 108 Å². The van der Waals surface area contributed by atoms with Crippen LogP contribution in [-0.2, 0) is 11.3 Å². The molecule has 0 saturated heterocycles. The van der Waals surface area contributed by atoms with Crippen molar-refractivity contribution in [2.75, 3.05) is 26.7 Å². The van der Waals surface area contributed by atoms with Crippen molar-refractivity contribution in [3.05, 3.63) is 35.9 Å². The van der Waals surface area contributed by atoms with Gasteiger partial charge in [-0.2, -0.15) is 0 Å². The molecule has 1 heterocycles. The summed E-state index contributed by atoms with van der Waals surface area (Å²) in [7, 11) is 1.85. The quantitative estimate of drug-likeness (QED) is 0.803. The van der Waals surface area contributed by atoms with E-state index in [4.69, 9.17) is 0 Å². The van der Waals surface area contributed by atoms with Gasteiger partial charge in [-0.1, -0.05) is 30.3 Å². The topological polar surface area (TPSA) is 35.9 Å². The van der Waals surface area contributed by atoms with E-state index in [1.165, 1.54) is 0 Å². The third kappa shape index (κ3) is 3.09. The molecular weight excluding hydrogens is 226 g/mol. The first-order valence-electron chi connectivity index (χ1n) is 6.20. The fraction of sp³-hybridized carbons (Fsp3) is 0.429. The van der Waals surface area contributed by atoms with Crippen molar-refractivity contribution in [2.24, 2.45) is 4.99 Å². The van der Waals surface area contributed by atoms with Crippen LogP contribution < -0.4 is 0 Å². The van der Waals surface area contributed by atoms with Gasteiger partial charge >= 0.3 is 0 Å². The highest BCUT2D eigenvalue weighted by molar-refractivity contribution is 5.87. The number of rotatable bonds is 4. The van der Waals surface area contributed by atoms with E-state index < -0.39 is 0 Å². The minimum Gasteiger partial charge on any atom is -0.349 e. The van der Waals surface area contributed by atoms with Crippen molar-refractivity contribution in [3.63, 3.8) is 0 Å². The molecule has 0 bridgehead atoms. The van der Waals surface area contributed by atoms with Gasteiger partial charge in [0, 0.05) is 20.1 Å². The molecule has 0 spiro atoms. The molecule has 1 aliphatic heterocycles. The van der Waals surface area contributed by atoms with Gasteiger partial charge in [0.25, 0.3) is 0 Å². The van der Waals surface area contributed by atoms with Gasteiger partial charge in [-0.25, -0.2) is 0 Å². The normalized spacial score (nSPS) is 14.6. The minimum atomic E-state index is 0.135. The monoisotopic (exact) mass is 245 g/mol. The molecule has 0 radical (unpaired) electrons. The van der Waals surface area contributed by atoms with Crippen molar-refractivity contribution in [1.29, 1.82) is 0 Å². The van der Waals surface area contributed by atoms with Crippen LogP contribution in [-0.4, -0.2) is 48.2 Å². The molecular formula is C14H19N3O. The number of amides is 1. The van der Waals surface area contributed by atoms with E-state index >= 15 is 0 Å². The van der Waals surface area contributed by atoms with E-state index in [2.05, 4.69) is 4.99 Å². The summed E-state index contributed by atoms with van der Waals surface area (Å²) in [6.45, 7) is 4.71. The molecule has 0 saturated carbocycles. The Morgan fingerprint density at radius 3 is 2.72 bits per heavy atom. The molecule has 18 heavy (non-hydrogen) atoms. The molecule has 0 N–H and O–H groups in total. The predicted octanol–water partition coefficient (Wildman–Crippen LogP) is 1.38. The zero-order valence-corrected chi connectivity index (χ0v) is 11.0. The Morgan fingerprint density at radius 2 is 2.11 bits per heavy atom. The fourth-order valence-corrected chi connectivity index (χ4v) is 2.02. The zero-order chi connectivity index (χ0) is 13.0. The summed E-state index contributed by atoms with van der Waals surface area (Å²) in [6, 6.07) is 10.0.